The lowest BCUT2D eigenvalue weighted by Crippen LogP contribution is -2.43. The van der Waals surface area contributed by atoms with Crippen molar-refractivity contribution in [3.05, 3.63) is 83.3 Å². The van der Waals surface area contributed by atoms with Gasteiger partial charge in [0, 0.05) is 12.2 Å². The lowest BCUT2D eigenvalue weighted by atomic mass is 10.2. The lowest BCUT2D eigenvalue weighted by Gasteiger charge is -2.23. The van der Waals surface area contributed by atoms with Crippen LogP contribution in [-0.2, 0) is 9.59 Å². The van der Waals surface area contributed by atoms with Crippen LogP contribution in [0.3, 0.4) is 0 Å². The zero-order chi connectivity index (χ0) is 20.6. The first kappa shape index (κ1) is 20.6. The Balaban J connectivity index is 1.70. The lowest BCUT2D eigenvalue weighted by molar-refractivity contribution is -0.128. The predicted octanol–water partition coefficient (Wildman–Crippen LogP) is 3.30. The van der Waals surface area contributed by atoms with Gasteiger partial charge in [-0.2, -0.15) is 0 Å². The SMILES string of the molecule is O=C1S/C(=C\C=C\c2ccccc2)C(=O)N1CC(=O)N(CCO)c1ccccc1. The molecule has 1 fully saturated rings. The second kappa shape index (κ2) is 9.86. The highest BCUT2D eigenvalue weighted by atomic mass is 32.2. The fourth-order valence-electron chi connectivity index (χ4n) is 2.79. The smallest absolute Gasteiger partial charge is 0.294 e. The van der Waals surface area contributed by atoms with E-state index in [4.69, 9.17) is 0 Å². The van der Waals surface area contributed by atoms with Crippen molar-refractivity contribution in [2.24, 2.45) is 0 Å². The second-order valence-electron chi connectivity index (χ2n) is 6.16. The van der Waals surface area contributed by atoms with Gasteiger partial charge in [-0.15, -0.1) is 0 Å². The average Bonchev–Trinajstić information content (AvgIpc) is 3.01. The van der Waals surface area contributed by atoms with E-state index in [1.54, 1.807) is 36.4 Å². The maximum atomic E-state index is 12.7. The molecule has 148 valence electrons. The van der Waals surface area contributed by atoms with E-state index in [-0.39, 0.29) is 24.6 Å². The van der Waals surface area contributed by atoms with Crippen molar-refractivity contribution in [1.29, 1.82) is 0 Å². The predicted molar refractivity (Wildman–Crippen MR) is 114 cm³/mol. The Labute approximate surface area is 173 Å². The Bertz CT molecular complexity index is 942. The monoisotopic (exact) mass is 408 g/mol. The summed E-state index contributed by atoms with van der Waals surface area (Å²) in [6.45, 7) is -0.527. The van der Waals surface area contributed by atoms with Gasteiger partial charge < -0.3 is 10.0 Å². The number of thioether (sulfide) groups is 1. The summed E-state index contributed by atoms with van der Waals surface area (Å²) < 4.78 is 0. The molecule has 0 atom stereocenters. The van der Waals surface area contributed by atoms with E-state index in [2.05, 4.69) is 0 Å². The third kappa shape index (κ3) is 5.22. The quantitative estimate of drug-likeness (QED) is 0.712. The van der Waals surface area contributed by atoms with Crippen molar-refractivity contribution >= 4 is 40.6 Å². The Morgan fingerprint density at radius 1 is 1.03 bits per heavy atom. The number of allylic oxidation sites excluding steroid dienone is 2. The van der Waals surface area contributed by atoms with E-state index >= 15 is 0 Å². The Kier molecular flexibility index (Phi) is 6.99. The molecule has 6 nitrogen and oxygen atoms in total. The van der Waals surface area contributed by atoms with Crippen molar-refractivity contribution in [2.75, 3.05) is 24.6 Å². The number of aliphatic hydroxyl groups excluding tert-OH is 1. The molecule has 1 saturated heterocycles. The highest BCUT2D eigenvalue weighted by Crippen LogP contribution is 2.30. The van der Waals surface area contributed by atoms with E-state index < -0.39 is 17.1 Å². The Morgan fingerprint density at radius 2 is 1.69 bits per heavy atom. The van der Waals surface area contributed by atoms with Crippen LogP contribution < -0.4 is 4.90 Å². The number of para-hydroxylation sites is 1. The van der Waals surface area contributed by atoms with Crippen molar-refractivity contribution < 1.29 is 19.5 Å². The molecular weight excluding hydrogens is 388 g/mol. The van der Waals surface area contributed by atoms with Gasteiger partial charge in [-0.3, -0.25) is 19.3 Å². The third-order valence-electron chi connectivity index (χ3n) is 4.20. The number of aliphatic hydroxyl groups is 1. The molecule has 2 aromatic rings. The highest BCUT2D eigenvalue weighted by Gasteiger charge is 2.36. The topological polar surface area (TPSA) is 77.9 Å². The molecule has 0 spiro atoms. The van der Waals surface area contributed by atoms with Gasteiger partial charge in [0.1, 0.15) is 6.54 Å². The van der Waals surface area contributed by atoms with Crippen LogP contribution in [0.4, 0.5) is 10.5 Å². The maximum absolute atomic E-state index is 12.7. The van der Waals surface area contributed by atoms with Crippen molar-refractivity contribution in [3.8, 4) is 0 Å². The van der Waals surface area contributed by atoms with Gasteiger partial charge in [0.2, 0.25) is 5.91 Å². The second-order valence-corrected chi connectivity index (χ2v) is 7.16. The number of carbonyl (C=O) groups excluding carboxylic acids is 3. The van der Waals surface area contributed by atoms with Gasteiger partial charge in [-0.25, -0.2) is 0 Å². The number of carbonyl (C=O) groups is 3. The molecule has 2 aromatic carbocycles. The van der Waals surface area contributed by atoms with E-state index in [9.17, 15) is 19.5 Å². The van der Waals surface area contributed by atoms with Crippen LogP contribution in [0.25, 0.3) is 6.08 Å². The number of imide groups is 1. The molecule has 29 heavy (non-hydrogen) atoms. The summed E-state index contributed by atoms with van der Waals surface area (Å²) in [5.41, 5.74) is 1.57. The summed E-state index contributed by atoms with van der Waals surface area (Å²) in [7, 11) is 0. The zero-order valence-corrected chi connectivity index (χ0v) is 16.4. The minimum atomic E-state index is -0.497. The molecule has 3 amide bonds. The van der Waals surface area contributed by atoms with Crippen molar-refractivity contribution in [3.63, 3.8) is 0 Å². The van der Waals surface area contributed by atoms with Gasteiger partial charge in [0.25, 0.3) is 11.1 Å². The number of hydrogen-bond acceptors (Lipinski definition) is 5. The van der Waals surface area contributed by atoms with Gasteiger partial charge in [0.05, 0.1) is 11.5 Å². The van der Waals surface area contributed by atoms with Crippen LogP contribution >= 0.6 is 11.8 Å². The normalized spacial score (nSPS) is 15.5. The summed E-state index contributed by atoms with van der Waals surface area (Å²) in [6, 6.07) is 18.4. The van der Waals surface area contributed by atoms with Gasteiger partial charge in [-0.05, 0) is 35.5 Å². The Morgan fingerprint density at radius 3 is 2.34 bits per heavy atom. The molecule has 0 saturated carbocycles. The van der Waals surface area contributed by atoms with Crippen LogP contribution in [0.1, 0.15) is 5.56 Å². The largest absolute Gasteiger partial charge is 0.395 e. The van der Waals surface area contributed by atoms with E-state index in [0.717, 1.165) is 22.2 Å². The first-order valence-electron chi connectivity index (χ1n) is 9.03. The molecule has 0 bridgehead atoms. The van der Waals surface area contributed by atoms with E-state index in [1.165, 1.54) is 4.90 Å². The molecule has 1 heterocycles. The standard InChI is InChI=1S/C22H20N2O4S/c25-15-14-23(18-11-5-2-6-12-18)20(26)16-24-21(27)19(29-22(24)28)13-7-10-17-8-3-1-4-9-17/h1-13,25H,14-16H2/b10-7+,19-13-. The highest BCUT2D eigenvalue weighted by molar-refractivity contribution is 8.18. The molecule has 7 heteroatoms. The molecule has 0 aliphatic carbocycles. The van der Waals surface area contributed by atoms with E-state index in [1.807, 2.05) is 42.5 Å². The summed E-state index contributed by atoms with van der Waals surface area (Å²) in [4.78, 5) is 40.1. The van der Waals surface area contributed by atoms with Gasteiger partial charge >= 0.3 is 0 Å². The number of anilines is 1. The average molecular weight is 408 g/mol. The summed E-state index contributed by atoms with van der Waals surface area (Å²) in [5, 5.41) is 8.80. The minimum absolute atomic E-state index is 0.0781. The van der Waals surface area contributed by atoms with Crippen LogP contribution in [0.15, 0.2) is 77.7 Å². The molecular formula is C22H20N2O4S. The van der Waals surface area contributed by atoms with Crippen LogP contribution in [-0.4, -0.2) is 46.8 Å². The number of benzene rings is 2. The number of nitrogens with zero attached hydrogens (tertiary/aromatic N) is 2. The fraction of sp³-hybridized carbons (Fsp3) is 0.136. The fourth-order valence-corrected chi connectivity index (χ4v) is 3.58. The van der Waals surface area contributed by atoms with Gasteiger partial charge in [0.15, 0.2) is 0 Å². The molecule has 1 aliphatic heterocycles. The van der Waals surface area contributed by atoms with Crippen LogP contribution in [0.2, 0.25) is 0 Å². The molecule has 1 N–H and O–H groups in total. The number of rotatable bonds is 7. The third-order valence-corrected chi connectivity index (χ3v) is 5.12. The van der Waals surface area contributed by atoms with Gasteiger partial charge in [-0.1, -0.05) is 60.7 Å². The molecule has 3 rings (SSSR count). The molecule has 0 aromatic heterocycles. The number of amides is 3. The summed E-state index contributed by atoms with van der Waals surface area (Å²) >= 11 is 0.807. The first-order chi connectivity index (χ1) is 14.1. The molecule has 1 aliphatic rings. The van der Waals surface area contributed by atoms with Crippen LogP contribution in [0, 0.1) is 0 Å². The number of hydrogen-bond donors (Lipinski definition) is 1. The first-order valence-corrected chi connectivity index (χ1v) is 9.85. The summed E-state index contributed by atoms with van der Waals surface area (Å²) in [6.07, 6.45) is 5.11. The summed E-state index contributed by atoms with van der Waals surface area (Å²) in [5.74, 6) is -0.934. The Hall–Kier alpha value is -3.16. The maximum Gasteiger partial charge on any atom is 0.294 e. The minimum Gasteiger partial charge on any atom is -0.395 e. The zero-order valence-electron chi connectivity index (χ0n) is 15.6. The van der Waals surface area contributed by atoms with Crippen molar-refractivity contribution in [2.45, 2.75) is 0 Å². The van der Waals surface area contributed by atoms with Crippen molar-refractivity contribution in [1.82, 2.24) is 4.90 Å². The van der Waals surface area contributed by atoms with Crippen LogP contribution in [0.5, 0.6) is 0 Å². The van der Waals surface area contributed by atoms with E-state index in [0.29, 0.717) is 5.69 Å². The molecule has 0 unspecified atom stereocenters. The molecule has 0 radical (unpaired) electrons.